The summed E-state index contributed by atoms with van der Waals surface area (Å²) in [6, 6.07) is 6.37. The van der Waals surface area contributed by atoms with Crippen molar-refractivity contribution in [3.05, 3.63) is 29.8 Å². The third-order valence-electron chi connectivity index (χ3n) is 3.14. The van der Waals surface area contributed by atoms with E-state index in [0.29, 0.717) is 11.3 Å². The number of alkyl halides is 3. The van der Waals surface area contributed by atoms with Crippen LogP contribution in [0.4, 0.5) is 18.9 Å². The lowest BCUT2D eigenvalue weighted by Crippen LogP contribution is -2.29. The molecule has 0 bridgehead atoms. The Morgan fingerprint density at radius 1 is 1.26 bits per heavy atom. The number of nitrogens with one attached hydrogen (secondary N) is 2. The molecule has 126 valence electrons. The summed E-state index contributed by atoms with van der Waals surface area (Å²) in [4.78, 5) is 23.5. The van der Waals surface area contributed by atoms with E-state index >= 15 is 0 Å². The summed E-state index contributed by atoms with van der Waals surface area (Å²) in [5.41, 5.74) is 0.831. The lowest BCUT2D eigenvalue weighted by atomic mass is 10.2. The second kappa shape index (κ2) is 7.45. The number of hydrogen-bond acceptors (Lipinski definition) is 3. The van der Waals surface area contributed by atoms with Crippen LogP contribution in [0, 0.1) is 5.92 Å². The van der Waals surface area contributed by atoms with Gasteiger partial charge in [0, 0.05) is 23.7 Å². The predicted molar refractivity (Wildman–Crippen MR) is 77.0 cm³/mol. The van der Waals surface area contributed by atoms with Crippen molar-refractivity contribution in [1.82, 2.24) is 5.32 Å². The first kappa shape index (κ1) is 17.3. The van der Waals surface area contributed by atoms with Gasteiger partial charge in [-0.15, -0.1) is 0 Å². The number of rotatable bonds is 7. The highest BCUT2D eigenvalue weighted by molar-refractivity contribution is 5.98. The van der Waals surface area contributed by atoms with Crippen molar-refractivity contribution in [3.63, 3.8) is 0 Å². The Bertz CT molecular complexity index is 571. The Balaban J connectivity index is 1.76. The van der Waals surface area contributed by atoms with Crippen LogP contribution in [0.3, 0.4) is 0 Å². The Labute approximate surface area is 131 Å². The summed E-state index contributed by atoms with van der Waals surface area (Å²) in [6.45, 7) is -1.61. The molecule has 0 radical (unpaired) electrons. The first-order valence-corrected chi connectivity index (χ1v) is 7.19. The maximum Gasteiger partial charge on any atom is 0.411 e. The van der Waals surface area contributed by atoms with E-state index in [1.165, 1.54) is 6.07 Å². The average Bonchev–Trinajstić information content (AvgIpc) is 3.30. The second-order valence-corrected chi connectivity index (χ2v) is 5.27. The fourth-order valence-corrected chi connectivity index (χ4v) is 1.85. The molecule has 0 aromatic heterocycles. The number of ether oxygens (including phenoxy) is 1. The van der Waals surface area contributed by atoms with Gasteiger partial charge in [0.05, 0.1) is 6.61 Å². The number of benzene rings is 1. The molecule has 1 aliphatic rings. The quantitative estimate of drug-likeness (QED) is 0.754. The summed E-state index contributed by atoms with van der Waals surface area (Å²) >= 11 is 0. The van der Waals surface area contributed by atoms with Crippen LogP contribution in [-0.2, 0) is 9.53 Å². The molecule has 0 aliphatic heterocycles. The topological polar surface area (TPSA) is 67.4 Å². The molecular weight excluding hydrogens is 313 g/mol. The van der Waals surface area contributed by atoms with E-state index < -0.39 is 18.7 Å². The second-order valence-electron chi connectivity index (χ2n) is 5.27. The number of carbonyl (C=O) groups is 2. The van der Waals surface area contributed by atoms with Gasteiger partial charge in [0.25, 0.3) is 5.91 Å². The largest absolute Gasteiger partial charge is 0.411 e. The number of anilines is 1. The van der Waals surface area contributed by atoms with Gasteiger partial charge in [-0.1, -0.05) is 6.07 Å². The molecule has 1 aliphatic carbocycles. The normalized spacial score (nSPS) is 14.4. The molecule has 1 aromatic rings. The molecule has 8 heteroatoms. The fourth-order valence-electron chi connectivity index (χ4n) is 1.85. The first-order chi connectivity index (χ1) is 10.8. The van der Waals surface area contributed by atoms with E-state index in [1.54, 1.807) is 18.2 Å². The van der Waals surface area contributed by atoms with E-state index in [-0.39, 0.29) is 25.0 Å². The standard InChI is InChI=1S/C15H17F3N2O3/c16-15(17,18)9-23-7-6-19-13(21)11-2-1-3-12(8-11)20-14(22)10-4-5-10/h1-3,8,10H,4-7,9H2,(H,19,21)(H,20,22). The fraction of sp³-hybridized carbons (Fsp3) is 0.467. The highest BCUT2D eigenvalue weighted by atomic mass is 19.4. The molecular formula is C15H17F3N2O3. The molecule has 0 heterocycles. The summed E-state index contributed by atoms with van der Waals surface area (Å²) in [6.07, 6.45) is -2.62. The minimum Gasteiger partial charge on any atom is -0.370 e. The van der Waals surface area contributed by atoms with Gasteiger partial charge in [-0.2, -0.15) is 13.2 Å². The molecule has 0 atom stereocenters. The van der Waals surface area contributed by atoms with E-state index in [1.807, 2.05) is 0 Å². The van der Waals surface area contributed by atoms with Gasteiger partial charge in [0.15, 0.2) is 0 Å². The highest BCUT2D eigenvalue weighted by Gasteiger charge is 2.29. The third kappa shape index (κ3) is 6.27. The van der Waals surface area contributed by atoms with Crippen LogP contribution >= 0.6 is 0 Å². The van der Waals surface area contributed by atoms with E-state index in [9.17, 15) is 22.8 Å². The monoisotopic (exact) mass is 330 g/mol. The van der Waals surface area contributed by atoms with Crippen LogP contribution in [0.2, 0.25) is 0 Å². The molecule has 5 nitrogen and oxygen atoms in total. The van der Waals surface area contributed by atoms with Crippen molar-refractivity contribution in [2.75, 3.05) is 25.1 Å². The van der Waals surface area contributed by atoms with E-state index in [2.05, 4.69) is 15.4 Å². The number of carbonyl (C=O) groups excluding carboxylic acids is 2. The Morgan fingerprint density at radius 3 is 2.65 bits per heavy atom. The summed E-state index contributed by atoms with van der Waals surface area (Å²) in [5, 5.41) is 5.18. The van der Waals surface area contributed by atoms with Gasteiger partial charge >= 0.3 is 6.18 Å². The smallest absolute Gasteiger partial charge is 0.370 e. The van der Waals surface area contributed by atoms with Crippen molar-refractivity contribution in [2.45, 2.75) is 19.0 Å². The molecule has 1 aromatic carbocycles. The Kier molecular flexibility index (Phi) is 5.59. The van der Waals surface area contributed by atoms with Crippen molar-refractivity contribution >= 4 is 17.5 Å². The van der Waals surface area contributed by atoms with Gasteiger partial charge in [-0.3, -0.25) is 9.59 Å². The molecule has 23 heavy (non-hydrogen) atoms. The number of hydrogen-bond donors (Lipinski definition) is 2. The van der Waals surface area contributed by atoms with Gasteiger partial charge < -0.3 is 15.4 Å². The van der Waals surface area contributed by atoms with Gasteiger partial charge in [0.1, 0.15) is 6.61 Å². The van der Waals surface area contributed by atoms with Gasteiger partial charge in [0.2, 0.25) is 5.91 Å². The van der Waals surface area contributed by atoms with Crippen LogP contribution < -0.4 is 10.6 Å². The van der Waals surface area contributed by atoms with Crippen LogP contribution in [0.5, 0.6) is 0 Å². The molecule has 0 saturated heterocycles. The molecule has 2 rings (SSSR count). The third-order valence-corrected chi connectivity index (χ3v) is 3.14. The van der Waals surface area contributed by atoms with Crippen LogP contribution in [-0.4, -0.2) is 37.7 Å². The molecule has 0 spiro atoms. The van der Waals surface area contributed by atoms with Crippen molar-refractivity contribution in [2.24, 2.45) is 5.92 Å². The molecule has 1 saturated carbocycles. The van der Waals surface area contributed by atoms with Crippen molar-refractivity contribution in [3.8, 4) is 0 Å². The summed E-state index contributed by atoms with van der Waals surface area (Å²) in [5.74, 6) is -0.454. The maximum absolute atomic E-state index is 11.9. The van der Waals surface area contributed by atoms with Crippen molar-refractivity contribution in [1.29, 1.82) is 0 Å². The lowest BCUT2D eigenvalue weighted by molar-refractivity contribution is -0.173. The summed E-state index contributed by atoms with van der Waals surface area (Å²) in [7, 11) is 0. The van der Waals surface area contributed by atoms with Gasteiger partial charge in [-0.25, -0.2) is 0 Å². The van der Waals surface area contributed by atoms with E-state index in [4.69, 9.17) is 0 Å². The molecule has 1 fully saturated rings. The highest BCUT2D eigenvalue weighted by Crippen LogP contribution is 2.30. The lowest BCUT2D eigenvalue weighted by Gasteiger charge is -2.09. The summed E-state index contributed by atoms with van der Waals surface area (Å²) < 4.78 is 40.0. The van der Waals surface area contributed by atoms with Crippen molar-refractivity contribution < 1.29 is 27.5 Å². The Morgan fingerprint density at radius 2 is 2.00 bits per heavy atom. The molecule has 2 amide bonds. The minimum atomic E-state index is -4.38. The van der Waals surface area contributed by atoms with Crippen LogP contribution in [0.25, 0.3) is 0 Å². The Hall–Kier alpha value is -2.09. The zero-order valence-corrected chi connectivity index (χ0v) is 12.3. The predicted octanol–water partition coefficient (Wildman–Crippen LogP) is 2.34. The maximum atomic E-state index is 11.9. The zero-order valence-electron chi connectivity index (χ0n) is 12.3. The SMILES string of the molecule is O=C(NCCOCC(F)(F)F)c1cccc(NC(=O)C2CC2)c1. The van der Waals surface area contributed by atoms with E-state index in [0.717, 1.165) is 12.8 Å². The first-order valence-electron chi connectivity index (χ1n) is 7.19. The minimum absolute atomic E-state index is 0.0342. The molecule has 0 unspecified atom stereocenters. The average molecular weight is 330 g/mol. The number of amides is 2. The van der Waals surface area contributed by atoms with Crippen LogP contribution in [0.15, 0.2) is 24.3 Å². The molecule has 2 N–H and O–H groups in total. The number of halogens is 3. The van der Waals surface area contributed by atoms with Gasteiger partial charge in [-0.05, 0) is 31.0 Å². The zero-order chi connectivity index (χ0) is 16.9. The van der Waals surface area contributed by atoms with Crippen LogP contribution in [0.1, 0.15) is 23.2 Å².